The highest BCUT2D eigenvalue weighted by atomic mass is 35.5. The minimum Gasteiger partial charge on any atom is -0.220 e. The molecule has 0 aliphatic carbocycles. The van der Waals surface area contributed by atoms with Gasteiger partial charge in [-0.2, -0.15) is 0 Å². The van der Waals surface area contributed by atoms with Gasteiger partial charge in [0.2, 0.25) is 0 Å². The molecule has 1 nitrogen and oxygen atoms in total. The van der Waals surface area contributed by atoms with E-state index in [9.17, 15) is 0 Å². The Kier molecular flexibility index (Phi) is 5.60. The summed E-state index contributed by atoms with van der Waals surface area (Å²) in [6.07, 6.45) is 4.07. The van der Waals surface area contributed by atoms with E-state index < -0.39 is 0 Å². The normalized spacial score (nSPS) is 12.1. The molecule has 0 saturated carbocycles. The lowest BCUT2D eigenvalue weighted by Gasteiger charge is -2.27. The Morgan fingerprint density at radius 3 is 2.50 bits per heavy atom. The molecule has 2 heteroatoms. The summed E-state index contributed by atoms with van der Waals surface area (Å²) in [7, 11) is 0. The molecule has 0 aromatic carbocycles. The number of hydrogen-bond donors (Lipinski definition) is 0. The maximum Gasteiger partial charge on any atom is 0.0193 e. The molecular formula is C10H20ClN. The molecular weight excluding hydrogens is 170 g/mol. The van der Waals surface area contributed by atoms with E-state index >= 15 is 0 Å². The quantitative estimate of drug-likeness (QED) is 0.457. The van der Waals surface area contributed by atoms with E-state index in [0.717, 1.165) is 25.9 Å². The van der Waals surface area contributed by atoms with E-state index in [1.807, 2.05) is 10.5 Å². The minimum atomic E-state index is 0.249. The Morgan fingerprint density at radius 2 is 2.08 bits per heavy atom. The minimum absolute atomic E-state index is 0.249. The fraction of sp³-hybridized carbons (Fsp3) is 0.800. The van der Waals surface area contributed by atoms with Gasteiger partial charge in [-0.05, 0) is 30.0 Å². The van der Waals surface area contributed by atoms with Crippen LogP contribution in [0.2, 0.25) is 0 Å². The van der Waals surface area contributed by atoms with Crippen molar-refractivity contribution in [2.75, 3.05) is 13.1 Å². The Morgan fingerprint density at radius 1 is 1.50 bits per heavy atom. The monoisotopic (exact) mass is 189 g/mol. The van der Waals surface area contributed by atoms with Gasteiger partial charge in [-0.3, -0.25) is 0 Å². The zero-order valence-corrected chi connectivity index (χ0v) is 9.19. The topological polar surface area (TPSA) is 3.24 Å². The van der Waals surface area contributed by atoms with Crippen molar-refractivity contribution < 1.29 is 0 Å². The molecule has 0 spiro atoms. The van der Waals surface area contributed by atoms with Crippen molar-refractivity contribution in [1.82, 2.24) is 4.42 Å². The maximum absolute atomic E-state index is 6.00. The molecule has 0 aromatic rings. The second-order valence-electron chi connectivity index (χ2n) is 4.00. The Balaban J connectivity index is 3.78. The van der Waals surface area contributed by atoms with Crippen LogP contribution in [0.4, 0.5) is 0 Å². The van der Waals surface area contributed by atoms with Gasteiger partial charge in [0.15, 0.2) is 0 Å². The van der Waals surface area contributed by atoms with Crippen LogP contribution in [0.1, 0.15) is 33.6 Å². The molecule has 72 valence electrons. The second-order valence-corrected chi connectivity index (χ2v) is 4.48. The number of allylic oxidation sites excluding steroid dienone is 1. The first-order chi connectivity index (χ1) is 5.52. The second kappa shape index (κ2) is 5.60. The van der Waals surface area contributed by atoms with Crippen LogP contribution in [0.15, 0.2) is 12.7 Å². The SMILES string of the molecule is C=CCC(C)(C)CN(Cl)CCC. The highest BCUT2D eigenvalue weighted by molar-refractivity contribution is 6.13. The Labute approximate surface area is 81.5 Å². The smallest absolute Gasteiger partial charge is 0.0193 e. The zero-order chi connectivity index (χ0) is 9.61. The van der Waals surface area contributed by atoms with Crippen molar-refractivity contribution in [1.29, 1.82) is 0 Å². The summed E-state index contributed by atoms with van der Waals surface area (Å²) in [5.41, 5.74) is 0.249. The lowest BCUT2D eigenvalue weighted by atomic mass is 9.89. The van der Waals surface area contributed by atoms with Crippen LogP contribution in [0.5, 0.6) is 0 Å². The zero-order valence-electron chi connectivity index (χ0n) is 8.44. The molecule has 0 amide bonds. The number of rotatable bonds is 6. The highest BCUT2D eigenvalue weighted by Gasteiger charge is 2.18. The molecule has 0 rings (SSSR count). The third kappa shape index (κ3) is 5.62. The van der Waals surface area contributed by atoms with E-state index in [-0.39, 0.29) is 5.41 Å². The van der Waals surface area contributed by atoms with Crippen LogP contribution >= 0.6 is 11.8 Å². The van der Waals surface area contributed by atoms with Gasteiger partial charge < -0.3 is 0 Å². The van der Waals surface area contributed by atoms with Gasteiger partial charge in [0, 0.05) is 13.1 Å². The van der Waals surface area contributed by atoms with Crippen LogP contribution in [0, 0.1) is 5.41 Å². The Hall–Kier alpha value is -0.0100. The molecule has 0 aromatic heterocycles. The standard InChI is InChI=1S/C10H20ClN/c1-5-7-10(3,4)9-12(11)8-6-2/h5H,1,6-9H2,2-4H3. The third-order valence-corrected chi connectivity index (χ3v) is 2.05. The number of halogens is 1. The van der Waals surface area contributed by atoms with E-state index in [2.05, 4.69) is 27.4 Å². The average molecular weight is 190 g/mol. The first-order valence-corrected chi connectivity index (χ1v) is 4.87. The van der Waals surface area contributed by atoms with Crippen LogP contribution in [-0.4, -0.2) is 17.5 Å². The average Bonchev–Trinajstić information content (AvgIpc) is 1.85. The van der Waals surface area contributed by atoms with Crippen LogP contribution < -0.4 is 0 Å². The molecule has 0 aliphatic rings. The molecule has 12 heavy (non-hydrogen) atoms. The van der Waals surface area contributed by atoms with Gasteiger partial charge in [-0.25, -0.2) is 4.42 Å². The molecule has 0 unspecified atom stereocenters. The molecule has 0 saturated heterocycles. The van der Waals surface area contributed by atoms with Gasteiger partial charge >= 0.3 is 0 Å². The van der Waals surface area contributed by atoms with Crippen molar-refractivity contribution in [2.45, 2.75) is 33.6 Å². The van der Waals surface area contributed by atoms with Gasteiger partial charge in [0.1, 0.15) is 0 Å². The summed E-state index contributed by atoms with van der Waals surface area (Å²) in [4.78, 5) is 0. The van der Waals surface area contributed by atoms with Crippen LogP contribution in [-0.2, 0) is 0 Å². The fourth-order valence-corrected chi connectivity index (χ4v) is 1.73. The third-order valence-electron chi connectivity index (χ3n) is 1.76. The maximum atomic E-state index is 6.00. The summed E-state index contributed by atoms with van der Waals surface area (Å²) in [6, 6.07) is 0. The first kappa shape index (κ1) is 12.0. The summed E-state index contributed by atoms with van der Waals surface area (Å²) in [5, 5.41) is 0. The largest absolute Gasteiger partial charge is 0.220 e. The van der Waals surface area contributed by atoms with Gasteiger partial charge in [0.25, 0.3) is 0 Å². The highest BCUT2D eigenvalue weighted by Crippen LogP contribution is 2.22. The van der Waals surface area contributed by atoms with Gasteiger partial charge in [-0.15, -0.1) is 6.58 Å². The van der Waals surface area contributed by atoms with E-state index in [0.29, 0.717) is 0 Å². The predicted molar refractivity (Wildman–Crippen MR) is 56.3 cm³/mol. The van der Waals surface area contributed by atoms with E-state index in [1.165, 1.54) is 0 Å². The molecule has 0 heterocycles. The molecule has 0 bridgehead atoms. The molecule has 0 atom stereocenters. The molecule has 0 aliphatic heterocycles. The van der Waals surface area contributed by atoms with Crippen LogP contribution in [0.3, 0.4) is 0 Å². The van der Waals surface area contributed by atoms with Crippen molar-refractivity contribution in [3.05, 3.63) is 12.7 Å². The van der Waals surface area contributed by atoms with Crippen molar-refractivity contribution in [2.24, 2.45) is 5.41 Å². The van der Waals surface area contributed by atoms with Gasteiger partial charge in [0.05, 0.1) is 0 Å². The lowest BCUT2D eigenvalue weighted by molar-refractivity contribution is 0.269. The lowest BCUT2D eigenvalue weighted by Crippen LogP contribution is -2.28. The Bertz CT molecular complexity index is 132. The van der Waals surface area contributed by atoms with E-state index in [4.69, 9.17) is 11.8 Å². The van der Waals surface area contributed by atoms with E-state index in [1.54, 1.807) is 0 Å². The van der Waals surface area contributed by atoms with Crippen molar-refractivity contribution >= 4 is 11.8 Å². The molecule has 0 N–H and O–H groups in total. The summed E-state index contributed by atoms with van der Waals surface area (Å²) in [5.74, 6) is 0. The molecule has 0 fully saturated rings. The first-order valence-electron chi connectivity index (χ1n) is 4.53. The van der Waals surface area contributed by atoms with Crippen LogP contribution in [0.25, 0.3) is 0 Å². The van der Waals surface area contributed by atoms with Crippen molar-refractivity contribution in [3.63, 3.8) is 0 Å². The summed E-state index contributed by atoms with van der Waals surface area (Å²) in [6.45, 7) is 12.2. The van der Waals surface area contributed by atoms with Crippen molar-refractivity contribution in [3.8, 4) is 0 Å². The number of hydrogen-bond acceptors (Lipinski definition) is 1. The summed E-state index contributed by atoms with van der Waals surface area (Å²) < 4.78 is 1.86. The molecule has 0 radical (unpaired) electrons. The summed E-state index contributed by atoms with van der Waals surface area (Å²) >= 11 is 6.00. The van der Waals surface area contributed by atoms with Gasteiger partial charge in [-0.1, -0.05) is 26.8 Å². The fourth-order valence-electron chi connectivity index (χ4n) is 1.24. The number of nitrogens with zero attached hydrogens (tertiary/aromatic N) is 1. The predicted octanol–water partition coefficient (Wildman–Crippen LogP) is 3.45.